The first-order valence-electron chi connectivity index (χ1n) is 5.63. The van der Waals surface area contributed by atoms with Crippen LogP contribution in [0.3, 0.4) is 0 Å². The van der Waals surface area contributed by atoms with Gasteiger partial charge in [-0.3, -0.25) is 10.1 Å². The highest BCUT2D eigenvalue weighted by atomic mass is 35.5. The number of nitro groups is 1. The van der Waals surface area contributed by atoms with Crippen LogP contribution in [0.4, 0.5) is 11.5 Å². The van der Waals surface area contributed by atoms with Crippen LogP contribution in [0.25, 0.3) is 0 Å². The van der Waals surface area contributed by atoms with Crippen LogP contribution < -0.4 is 5.73 Å². The molecule has 2 N–H and O–H groups in total. The number of thioether (sulfide) groups is 1. The zero-order valence-electron chi connectivity index (χ0n) is 10.5. The molecule has 2 rings (SSSR count). The Labute approximate surface area is 124 Å². The van der Waals surface area contributed by atoms with Crippen molar-refractivity contribution in [2.75, 3.05) is 5.73 Å². The van der Waals surface area contributed by atoms with Crippen molar-refractivity contribution in [2.24, 2.45) is 0 Å². The fraction of sp³-hybridized carbons (Fsp3) is 0.167. The van der Waals surface area contributed by atoms with Gasteiger partial charge in [0.25, 0.3) is 5.69 Å². The normalized spacial score (nSPS) is 10.5. The molecule has 0 aliphatic heterocycles. The van der Waals surface area contributed by atoms with Crippen molar-refractivity contribution in [3.05, 3.63) is 50.7 Å². The minimum atomic E-state index is -0.451. The van der Waals surface area contributed by atoms with Crippen molar-refractivity contribution in [2.45, 2.75) is 17.8 Å². The number of hydrogen-bond acceptors (Lipinski definition) is 6. The zero-order valence-corrected chi connectivity index (χ0v) is 12.1. The summed E-state index contributed by atoms with van der Waals surface area (Å²) < 4.78 is 0. The summed E-state index contributed by atoms with van der Waals surface area (Å²) in [5.41, 5.74) is 6.82. The molecule has 0 atom stereocenters. The van der Waals surface area contributed by atoms with Crippen LogP contribution in [0.2, 0.25) is 5.02 Å². The highest BCUT2D eigenvalue weighted by Gasteiger charge is 2.17. The Kier molecular flexibility index (Phi) is 4.41. The van der Waals surface area contributed by atoms with Crippen molar-refractivity contribution in [3.8, 4) is 0 Å². The van der Waals surface area contributed by atoms with Crippen molar-refractivity contribution >= 4 is 34.9 Å². The lowest BCUT2D eigenvalue weighted by Crippen LogP contribution is -1.98. The molecule has 2 aromatic rings. The Morgan fingerprint density at radius 2 is 2.20 bits per heavy atom. The third-order valence-corrected chi connectivity index (χ3v) is 3.72. The number of halogens is 1. The largest absolute Gasteiger partial charge is 0.384 e. The number of anilines is 1. The zero-order chi connectivity index (χ0) is 14.7. The van der Waals surface area contributed by atoms with Gasteiger partial charge in [-0.05, 0) is 13.0 Å². The molecule has 0 radical (unpaired) electrons. The van der Waals surface area contributed by atoms with E-state index in [9.17, 15) is 10.1 Å². The molecule has 0 unspecified atom stereocenters. The lowest BCUT2D eigenvalue weighted by Gasteiger charge is -2.05. The molecule has 1 heterocycles. The molecule has 0 fully saturated rings. The second kappa shape index (κ2) is 6.06. The van der Waals surface area contributed by atoms with Gasteiger partial charge in [0.2, 0.25) is 0 Å². The molecule has 0 saturated heterocycles. The smallest absolute Gasteiger partial charge is 0.274 e. The van der Waals surface area contributed by atoms with E-state index in [4.69, 9.17) is 17.3 Å². The lowest BCUT2D eigenvalue weighted by molar-refractivity contribution is -0.385. The first-order valence-corrected chi connectivity index (χ1v) is 6.99. The van der Waals surface area contributed by atoms with Crippen molar-refractivity contribution in [1.82, 2.24) is 9.97 Å². The van der Waals surface area contributed by atoms with Gasteiger partial charge in [-0.2, -0.15) is 0 Å². The second-order valence-electron chi connectivity index (χ2n) is 4.00. The highest BCUT2D eigenvalue weighted by molar-refractivity contribution is 7.98. The molecule has 8 heteroatoms. The number of nitrogens with zero attached hydrogens (tertiary/aromatic N) is 3. The van der Waals surface area contributed by atoms with E-state index < -0.39 is 4.92 Å². The summed E-state index contributed by atoms with van der Waals surface area (Å²) in [5, 5.41) is 11.8. The molecule has 0 bridgehead atoms. The average Bonchev–Trinajstić information content (AvgIpc) is 2.35. The van der Waals surface area contributed by atoms with Gasteiger partial charge < -0.3 is 5.73 Å². The molecular formula is C12H11ClN4O2S. The maximum absolute atomic E-state index is 11.0. The van der Waals surface area contributed by atoms with E-state index in [-0.39, 0.29) is 5.69 Å². The molecule has 1 aromatic heterocycles. The Balaban J connectivity index is 2.25. The number of aromatic nitrogens is 2. The van der Waals surface area contributed by atoms with Crippen LogP contribution in [0.15, 0.2) is 29.4 Å². The topological polar surface area (TPSA) is 94.9 Å². The van der Waals surface area contributed by atoms with Crippen molar-refractivity contribution < 1.29 is 4.92 Å². The van der Waals surface area contributed by atoms with Crippen molar-refractivity contribution in [3.63, 3.8) is 0 Å². The van der Waals surface area contributed by atoms with Crippen LogP contribution in [-0.4, -0.2) is 14.9 Å². The van der Waals surface area contributed by atoms with E-state index in [0.717, 1.165) is 5.69 Å². The van der Waals surface area contributed by atoms with E-state index in [0.29, 0.717) is 27.3 Å². The van der Waals surface area contributed by atoms with E-state index >= 15 is 0 Å². The molecule has 0 aliphatic rings. The Morgan fingerprint density at radius 3 is 2.85 bits per heavy atom. The predicted octanol–water partition coefficient (Wildman–Crippen LogP) is 3.22. The van der Waals surface area contributed by atoms with Gasteiger partial charge in [-0.1, -0.05) is 29.4 Å². The number of nitro benzene ring substituents is 1. The summed E-state index contributed by atoms with van der Waals surface area (Å²) in [7, 11) is 0. The molecule has 6 nitrogen and oxygen atoms in total. The van der Waals surface area contributed by atoms with Gasteiger partial charge >= 0.3 is 0 Å². The maximum atomic E-state index is 11.0. The third-order valence-electron chi connectivity index (χ3n) is 2.49. The number of benzene rings is 1. The average molecular weight is 311 g/mol. The second-order valence-corrected chi connectivity index (χ2v) is 5.35. The van der Waals surface area contributed by atoms with Crippen LogP contribution >= 0.6 is 23.4 Å². The fourth-order valence-electron chi connectivity index (χ4n) is 1.63. The summed E-state index contributed by atoms with van der Waals surface area (Å²) in [6.45, 7) is 1.81. The lowest BCUT2D eigenvalue weighted by atomic mass is 10.2. The van der Waals surface area contributed by atoms with Gasteiger partial charge in [0.05, 0.1) is 15.5 Å². The molecular weight excluding hydrogens is 300 g/mol. The Bertz CT molecular complexity index is 646. The van der Waals surface area contributed by atoms with E-state index in [1.54, 1.807) is 25.1 Å². The third kappa shape index (κ3) is 3.37. The summed E-state index contributed by atoms with van der Waals surface area (Å²) >= 11 is 7.28. The first kappa shape index (κ1) is 14.5. The van der Waals surface area contributed by atoms with E-state index in [1.165, 1.54) is 17.8 Å². The SMILES string of the molecule is Cc1cc(N)nc(SCc2c(Cl)cccc2[N+](=O)[O-])n1. The number of hydrogen-bond donors (Lipinski definition) is 1. The monoisotopic (exact) mass is 310 g/mol. The molecule has 1 aromatic carbocycles. The van der Waals surface area contributed by atoms with Gasteiger partial charge in [0.15, 0.2) is 5.16 Å². The molecule has 0 aliphatic carbocycles. The van der Waals surface area contributed by atoms with Crippen LogP contribution in [0.1, 0.15) is 11.3 Å². The molecule has 104 valence electrons. The molecule has 20 heavy (non-hydrogen) atoms. The number of aryl methyl sites for hydroxylation is 1. The number of nitrogens with two attached hydrogens (primary N) is 1. The van der Waals surface area contributed by atoms with E-state index in [2.05, 4.69) is 9.97 Å². The van der Waals surface area contributed by atoms with Crippen LogP contribution in [-0.2, 0) is 5.75 Å². The Hall–Kier alpha value is -1.86. The van der Waals surface area contributed by atoms with Gasteiger partial charge in [-0.15, -0.1) is 0 Å². The first-order chi connectivity index (χ1) is 9.47. The highest BCUT2D eigenvalue weighted by Crippen LogP contribution is 2.31. The standard InChI is InChI=1S/C12H11ClN4O2S/c1-7-5-11(14)16-12(15-7)20-6-8-9(13)3-2-4-10(8)17(18)19/h2-5H,6H2,1H3,(H2,14,15,16). The van der Waals surface area contributed by atoms with Gasteiger partial charge in [0.1, 0.15) is 5.82 Å². The van der Waals surface area contributed by atoms with E-state index in [1.807, 2.05) is 0 Å². The number of nitrogen functional groups attached to an aromatic ring is 1. The summed E-state index contributed by atoms with van der Waals surface area (Å²) in [5.74, 6) is 0.674. The minimum Gasteiger partial charge on any atom is -0.384 e. The molecule has 0 saturated carbocycles. The summed E-state index contributed by atoms with van der Waals surface area (Å²) in [6, 6.07) is 6.25. The van der Waals surface area contributed by atoms with Crippen molar-refractivity contribution in [1.29, 1.82) is 0 Å². The molecule has 0 spiro atoms. The van der Waals surface area contributed by atoms with Crippen LogP contribution in [0.5, 0.6) is 0 Å². The Morgan fingerprint density at radius 1 is 1.45 bits per heavy atom. The van der Waals surface area contributed by atoms with Crippen LogP contribution in [0, 0.1) is 17.0 Å². The fourth-order valence-corrected chi connectivity index (χ4v) is 2.90. The summed E-state index contributed by atoms with van der Waals surface area (Å²) in [4.78, 5) is 18.8. The minimum absolute atomic E-state index is 0.00868. The quantitative estimate of drug-likeness (QED) is 0.403. The summed E-state index contributed by atoms with van der Waals surface area (Å²) in [6.07, 6.45) is 0. The van der Waals surface area contributed by atoms with Gasteiger partial charge in [-0.25, -0.2) is 9.97 Å². The molecule has 0 amide bonds. The number of rotatable bonds is 4. The predicted molar refractivity (Wildman–Crippen MR) is 78.8 cm³/mol. The maximum Gasteiger partial charge on any atom is 0.274 e. The van der Waals surface area contributed by atoms with Gasteiger partial charge in [0, 0.05) is 23.6 Å².